The molecule has 1 fully saturated rings. The topological polar surface area (TPSA) is 173 Å². The van der Waals surface area contributed by atoms with E-state index < -0.39 is 27.8 Å². The third-order valence-corrected chi connectivity index (χ3v) is 13.7. The molecule has 6 atom stereocenters. The summed E-state index contributed by atoms with van der Waals surface area (Å²) in [4.78, 5) is 29.3. The Morgan fingerprint density at radius 1 is 1.02 bits per heavy atom. The Hall–Kier alpha value is -4.86. The molecule has 13 nitrogen and oxygen atoms in total. The van der Waals surface area contributed by atoms with E-state index in [4.69, 9.17) is 24.2 Å². The molecule has 3 aromatic carbocycles. The lowest BCUT2D eigenvalue weighted by Gasteiger charge is -2.59. The molecule has 0 unspecified atom stereocenters. The molecule has 61 heavy (non-hydrogen) atoms. The van der Waals surface area contributed by atoms with E-state index >= 15 is 8.42 Å². The van der Waals surface area contributed by atoms with Crippen LogP contribution in [0.4, 0.5) is 5.69 Å². The third kappa shape index (κ3) is 9.94. The summed E-state index contributed by atoms with van der Waals surface area (Å²) in [6.07, 6.45) is 9.51. The van der Waals surface area contributed by atoms with E-state index in [9.17, 15) is 19.8 Å². The van der Waals surface area contributed by atoms with E-state index in [0.29, 0.717) is 60.1 Å². The van der Waals surface area contributed by atoms with Gasteiger partial charge in [-0.15, -0.1) is 6.58 Å². The van der Waals surface area contributed by atoms with Crippen molar-refractivity contribution in [2.75, 3.05) is 38.3 Å². The molecule has 0 radical (unpaired) electrons. The number of hydrogen-bond donors (Lipinski definition) is 3. The molecule has 0 spiro atoms. The van der Waals surface area contributed by atoms with Crippen molar-refractivity contribution in [1.82, 2.24) is 4.31 Å². The first kappa shape index (κ1) is 45.7. The first-order valence-corrected chi connectivity index (χ1v) is 22.8. The molecular formula is C47H59N3O10S. The van der Waals surface area contributed by atoms with Gasteiger partial charge in [0.25, 0.3) is 0 Å². The minimum Gasteiger partial charge on any atom is -0.460 e. The smallest absolute Gasteiger partial charge is 0.243 e. The largest absolute Gasteiger partial charge is 0.460 e. The number of aliphatic hydroxyl groups is 2. The number of ether oxygens (including phenoxy) is 3. The quantitative estimate of drug-likeness (QED) is 0.0389. The van der Waals surface area contributed by atoms with E-state index in [1.165, 1.54) is 23.4 Å². The monoisotopic (exact) mass is 857 g/mol. The van der Waals surface area contributed by atoms with Crippen LogP contribution in [0.25, 0.3) is 0 Å². The van der Waals surface area contributed by atoms with E-state index in [2.05, 4.69) is 18.0 Å². The highest BCUT2D eigenvalue weighted by Crippen LogP contribution is 2.62. The van der Waals surface area contributed by atoms with Gasteiger partial charge < -0.3 is 34.6 Å². The fourth-order valence-electron chi connectivity index (χ4n) is 9.33. The summed E-state index contributed by atoms with van der Waals surface area (Å²) in [6, 6.07) is 17.7. The molecule has 14 heteroatoms. The molecule has 1 saturated carbocycles. The number of carbonyl (C=O) groups is 2. The fourth-order valence-corrected chi connectivity index (χ4v) is 11.1. The van der Waals surface area contributed by atoms with E-state index in [0.717, 1.165) is 43.1 Å². The summed E-state index contributed by atoms with van der Waals surface area (Å²) < 4.78 is 52.3. The Labute approximate surface area is 359 Å². The lowest BCUT2D eigenvalue weighted by Crippen LogP contribution is -2.70. The number of sulfonamides is 1. The second-order valence-corrected chi connectivity index (χ2v) is 17.7. The number of nitrogens with zero attached hydrogens (tertiary/aromatic N) is 2. The maximum absolute atomic E-state index is 15.1. The van der Waals surface area contributed by atoms with Gasteiger partial charge in [0.15, 0.2) is 0 Å². The van der Waals surface area contributed by atoms with Crippen molar-refractivity contribution in [3.05, 3.63) is 102 Å². The molecule has 1 aliphatic heterocycles. The number of aldehydes is 1. The van der Waals surface area contributed by atoms with Crippen molar-refractivity contribution in [2.24, 2.45) is 22.9 Å². The van der Waals surface area contributed by atoms with Crippen LogP contribution in [0.15, 0.2) is 101 Å². The van der Waals surface area contributed by atoms with Crippen LogP contribution in [-0.2, 0) is 24.4 Å². The highest BCUT2D eigenvalue weighted by Gasteiger charge is 2.66. The highest BCUT2D eigenvalue weighted by atomic mass is 32.2. The van der Waals surface area contributed by atoms with Crippen molar-refractivity contribution in [1.29, 1.82) is 0 Å². The van der Waals surface area contributed by atoms with Gasteiger partial charge in [-0.2, -0.15) is 4.31 Å². The number of carbonyl (C=O) groups excluding carboxylic acids is 2. The van der Waals surface area contributed by atoms with Gasteiger partial charge in [0.05, 0.1) is 29.2 Å². The maximum atomic E-state index is 15.1. The van der Waals surface area contributed by atoms with Crippen molar-refractivity contribution in [3.8, 4) is 17.2 Å². The van der Waals surface area contributed by atoms with Gasteiger partial charge in [0, 0.05) is 55.8 Å². The molecule has 3 N–H and O–H groups in total. The van der Waals surface area contributed by atoms with Crippen LogP contribution in [0.3, 0.4) is 0 Å². The number of unbranched alkanes of at least 4 members (excludes halogenated alkanes) is 2. The van der Waals surface area contributed by atoms with Crippen molar-refractivity contribution in [3.63, 3.8) is 0 Å². The van der Waals surface area contributed by atoms with Gasteiger partial charge in [0.2, 0.25) is 21.7 Å². The highest BCUT2D eigenvalue weighted by molar-refractivity contribution is 7.89. The molecule has 0 bridgehead atoms. The average Bonchev–Trinajstić information content (AvgIpc) is 3.25. The lowest BCUT2D eigenvalue weighted by molar-refractivity contribution is -0.251. The van der Waals surface area contributed by atoms with Gasteiger partial charge in [-0.25, -0.2) is 8.42 Å². The second kappa shape index (κ2) is 20.8. The van der Waals surface area contributed by atoms with Crippen molar-refractivity contribution < 1.29 is 47.3 Å². The molecule has 0 saturated heterocycles. The minimum atomic E-state index is -4.25. The summed E-state index contributed by atoms with van der Waals surface area (Å²) in [5.41, 5.74) is 3.26. The molecule has 3 aromatic rings. The van der Waals surface area contributed by atoms with Gasteiger partial charge in [-0.05, 0) is 111 Å². The number of benzene rings is 3. The lowest BCUT2D eigenvalue weighted by atomic mass is 9.55. The molecule has 6 rings (SSSR count). The number of hydrogen-bond acceptors (Lipinski definition) is 11. The van der Waals surface area contributed by atoms with E-state index in [-0.39, 0.29) is 61.3 Å². The van der Waals surface area contributed by atoms with Crippen molar-refractivity contribution >= 4 is 33.6 Å². The maximum Gasteiger partial charge on any atom is 0.243 e. The Kier molecular flexibility index (Phi) is 15.6. The molecule has 0 aromatic heterocycles. The van der Waals surface area contributed by atoms with Crippen LogP contribution in [0, 0.1) is 17.8 Å². The number of nitrogens with one attached hydrogen (secondary N) is 1. The normalized spacial score (nSPS) is 23.6. The number of allylic oxidation sites excluding steroid dienone is 1. The molecular weight excluding hydrogens is 799 g/mol. The van der Waals surface area contributed by atoms with Gasteiger partial charge in [0.1, 0.15) is 30.1 Å². The Bertz CT molecular complexity index is 2170. The van der Waals surface area contributed by atoms with Crippen LogP contribution in [0.2, 0.25) is 0 Å². The van der Waals surface area contributed by atoms with E-state index in [1.54, 1.807) is 48.5 Å². The van der Waals surface area contributed by atoms with Gasteiger partial charge in [-0.3, -0.25) is 9.59 Å². The number of oxime groups is 1. The number of aliphatic hydroxyl groups excluding tert-OH is 2. The fraction of sp³-hybridized carbons (Fsp3) is 0.468. The zero-order valence-electron chi connectivity index (χ0n) is 35.3. The Balaban J connectivity index is 1.60. The second-order valence-electron chi connectivity index (χ2n) is 15.8. The molecule has 3 aliphatic rings. The van der Waals surface area contributed by atoms with Crippen LogP contribution >= 0.6 is 0 Å². The van der Waals surface area contributed by atoms with Crippen LogP contribution in [0.1, 0.15) is 94.0 Å². The Morgan fingerprint density at radius 2 is 1.75 bits per heavy atom. The predicted octanol–water partition coefficient (Wildman–Crippen LogP) is 8.00. The van der Waals surface area contributed by atoms with Crippen LogP contribution in [0.5, 0.6) is 17.2 Å². The number of rotatable bonds is 22. The van der Waals surface area contributed by atoms with E-state index in [1.807, 2.05) is 26.0 Å². The minimum absolute atomic E-state index is 0.0133. The summed E-state index contributed by atoms with van der Waals surface area (Å²) >= 11 is 0. The molecule has 2 aliphatic carbocycles. The average molecular weight is 858 g/mol. The van der Waals surface area contributed by atoms with Crippen LogP contribution < -0.4 is 14.8 Å². The Morgan fingerprint density at radius 3 is 2.43 bits per heavy atom. The van der Waals surface area contributed by atoms with Crippen molar-refractivity contribution in [2.45, 2.75) is 94.8 Å². The summed E-state index contributed by atoms with van der Waals surface area (Å²) in [5.74, 6) is -1.27. The standard InChI is InChI=1S/C47H59N3O10S/c1-5-23-50(61(55,56)38-20-17-35(18-21-38)48-32(4)54)44-30-42(49-58-7-3)40-28-34(14-8-10-24-51)39(16-9-11-25-52)45-41-29-37(59-36-15-12-13-33(27-36)31-53)19-22-43(41)60-47(44,46(40)45)57-26-6-2/h6,12-13,15,17-22,27-29,31,34,39,44-46,51-52H,2,5,7-11,14,16,23-26,30H2,1,3-4H3,(H,48,54)/t34-,39+,44-,45+,46+,47+/m0/s1. The summed E-state index contributed by atoms with van der Waals surface area (Å²) in [5, 5.41) is 27.2. The zero-order valence-corrected chi connectivity index (χ0v) is 36.1. The molecule has 1 amide bonds. The zero-order chi connectivity index (χ0) is 43.6. The number of fused-ring (bicyclic) bond motifs is 2. The number of anilines is 1. The molecule has 1 heterocycles. The molecule has 328 valence electrons. The van der Waals surface area contributed by atoms with Gasteiger partial charge >= 0.3 is 0 Å². The van der Waals surface area contributed by atoms with Gasteiger partial charge in [-0.1, -0.05) is 49.2 Å². The summed E-state index contributed by atoms with van der Waals surface area (Å²) in [6.45, 7) is 9.73. The summed E-state index contributed by atoms with van der Waals surface area (Å²) in [7, 11) is -4.25. The first-order chi connectivity index (χ1) is 29.5. The SMILES string of the molecule is C=CCO[C@@]12Oc3ccc(Oc4cccc(C=O)c4)cc3[C@H]3[C@H](CCCCO)[C@@H](CCCCO)C=C(C(=NOCC)C[C@@H]1N(CCC)S(=O)(=O)c1ccc(NC(C)=O)cc1)[C@H]32. The third-order valence-electron chi connectivity index (χ3n) is 11.8. The number of amides is 1. The van der Waals surface area contributed by atoms with Crippen LogP contribution in [-0.4, -0.2) is 85.6 Å². The predicted molar refractivity (Wildman–Crippen MR) is 233 cm³/mol. The first-order valence-electron chi connectivity index (χ1n) is 21.4.